The summed E-state index contributed by atoms with van der Waals surface area (Å²) in [6.07, 6.45) is 0.818. The standard InChI is InChI=1S/C103H72N2O/c1-101(2)94-63-66(41-59-83(94)84-60-58-78(64-95(84)101)105(77-54-46-72(47-55-77)69-27-11-6-12-28-69)96-40-22-34-85-82-31-15-20-39-92(82)103(98(85)96)90-37-18-13-29-80(90)81-30-14-19-38-91(81)103)65-102(3)89-36-17-16-32-88(89)97-93(102)62-61-87-86-35-21-33-79(99(86)106-100(87)97)73-48-56-76(57-49-73)104(74-50-42-70(43-51-74)67-23-7-4-8-24-67)75-52-44-71(45-53-75)68-25-9-5-10-26-68/h4-64H,65H2,1-3H3. The predicted octanol–water partition coefficient (Wildman–Crippen LogP) is 27.4. The molecule has 0 radical (unpaired) electrons. The molecule has 1 unspecified atom stereocenters. The second-order valence-corrected chi connectivity index (χ2v) is 30.0. The molecule has 16 aromatic carbocycles. The maximum absolute atomic E-state index is 7.40. The van der Waals surface area contributed by atoms with Crippen molar-refractivity contribution in [2.24, 2.45) is 0 Å². The summed E-state index contributed by atoms with van der Waals surface area (Å²) in [5.41, 5.74) is 38.7. The van der Waals surface area contributed by atoms with Gasteiger partial charge in [0.15, 0.2) is 0 Å². The fraction of sp³-hybridized carbons (Fsp3) is 0.0680. The molecule has 500 valence electrons. The third-order valence-electron chi connectivity index (χ3n) is 24.0. The molecule has 0 N–H and O–H groups in total. The van der Waals surface area contributed by atoms with Crippen molar-refractivity contribution in [3.63, 3.8) is 0 Å². The van der Waals surface area contributed by atoms with Gasteiger partial charge in [-0.05, 0) is 196 Å². The number of benzene rings is 16. The van der Waals surface area contributed by atoms with E-state index in [0.717, 1.165) is 67.9 Å². The number of hydrogen-bond donors (Lipinski definition) is 0. The second-order valence-electron chi connectivity index (χ2n) is 30.0. The summed E-state index contributed by atoms with van der Waals surface area (Å²) in [5, 5.41) is 2.24. The molecule has 17 aromatic rings. The van der Waals surface area contributed by atoms with E-state index in [1.54, 1.807) is 0 Å². The molecule has 1 spiro atoms. The van der Waals surface area contributed by atoms with Gasteiger partial charge in [0.25, 0.3) is 0 Å². The quantitative estimate of drug-likeness (QED) is 0.122. The second kappa shape index (κ2) is 23.7. The van der Waals surface area contributed by atoms with Crippen LogP contribution in [0.4, 0.5) is 34.1 Å². The lowest BCUT2D eigenvalue weighted by molar-refractivity contribution is 0.580. The molecule has 0 saturated carbocycles. The first-order chi connectivity index (χ1) is 52.2. The average Bonchev–Trinajstić information content (AvgIpc) is 1.34. The third kappa shape index (κ3) is 9.18. The van der Waals surface area contributed by atoms with E-state index in [2.05, 4.69) is 401 Å². The molecular formula is C103H72N2O. The molecule has 4 aliphatic carbocycles. The van der Waals surface area contributed by atoms with Crippen molar-refractivity contribution < 1.29 is 4.42 Å². The Morgan fingerprint density at radius 3 is 1.20 bits per heavy atom. The summed E-state index contributed by atoms with van der Waals surface area (Å²) in [6, 6.07) is 138. The normalized spacial score (nSPS) is 14.8. The molecule has 0 bridgehead atoms. The van der Waals surface area contributed by atoms with Gasteiger partial charge in [0.2, 0.25) is 0 Å². The monoisotopic (exact) mass is 1350 g/mol. The number of nitrogens with zero attached hydrogens (tertiary/aromatic N) is 2. The Morgan fingerprint density at radius 2 is 0.651 bits per heavy atom. The zero-order chi connectivity index (χ0) is 70.4. The van der Waals surface area contributed by atoms with Crippen LogP contribution in [0.5, 0.6) is 0 Å². The molecule has 0 saturated heterocycles. The summed E-state index contributed by atoms with van der Waals surface area (Å²) in [4.78, 5) is 4.92. The van der Waals surface area contributed by atoms with Crippen LogP contribution in [-0.2, 0) is 22.7 Å². The van der Waals surface area contributed by atoms with Crippen LogP contribution in [0, 0.1) is 0 Å². The van der Waals surface area contributed by atoms with Gasteiger partial charge in [0, 0.05) is 66.7 Å². The smallest absolute Gasteiger partial charge is 0.143 e. The first-order valence-corrected chi connectivity index (χ1v) is 37.2. The van der Waals surface area contributed by atoms with E-state index in [0.29, 0.717) is 0 Å². The molecule has 0 aliphatic heterocycles. The largest absolute Gasteiger partial charge is 0.455 e. The summed E-state index contributed by atoms with van der Waals surface area (Å²) < 4.78 is 7.40. The number of furan rings is 1. The first-order valence-electron chi connectivity index (χ1n) is 37.2. The number of rotatable bonds is 12. The summed E-state index contributed by atoms with van der Waals surface area (Å²) in [5.74, 6) is 0. The highest BCUT2D eigenvalue weighted by Gasteiger charge is 2.53. The maximum Gasteiger partial charge on any atom is 0.143 e. The fourth-order valence-corrected chi connectivity index (χ4v) is 19.0. The van der Waals surface area contributed by atoms with Crippen LogP contribution in [0.2, 0.25) is 0 Å². The van der Waals surface area contributed by atoms with E-state index in [9.17, 15) is 0 Å². The molecule has 4 aliphatic rings. The molecule has 1 aromatic heterocycles. The van der Waals surface area contributed by atoms with Crippen molar-refractivity contribution in [2.45, 2.75) is 43.4 Å². The van der Waals surface area contributed by atoms with Gasteiger partial charge in [-0.2, -0.15) is 0 Å². The van der Waals surface area contributed by atoms with Crippen molar-refractivity contribution in [3.05, 3.63) is 420 Å². The fourth-order valence-electron chi connectivity index (χ4n) is 19.0. The molecule has 21 rings (SSSR count). The van der Waals surface area contributed by atoms with Crippen molar-refractivity contribution in [1.82, 2.24) is 0 Å². The van der Waals surface area contributed by atoms with Crippen LogP contribution >= 0.6 is 0 Å². The van der Waals surface area contributed by atoms with Crippen molar-refractivity contribution >= 4 is 56.1 Å². The summed E-state index contributed by atoms with van der Waals surface area (Å²) in [6.45, 7) is 7.35. The van der Waals surface area contributed by atoms with Crippen LogP contribution < -0.4 is 9.80 Å². The predicted molar refractivity (Wildman–Crippen MR) is 441 cm³/mol. The van der Waals surface area contributed by atoms with Crippen molar-refractivity contribution in [3.8, 4) is 89.0 Å². The van der Waals surface area contributed by atoms with Gasteiger partial charge in [0.1, 0.15) is 11.2 Å². The Balaban J connectivity index is 0.632. The highest BCUT2D eigenvalue weighted by Crippen LogP contribution is 2.66. The van der Waals surface area contributed by atoms with Gasteiger partial charge in [-0.1, -0.05) is 324 Å². The molecule has 3 nitrogen and oxygen atoms in total. The van der Waals surface area contributed by atoms with Gasteiger partial charge < -0.3 is 14.2 Å². The zero-order valence-corrected chi connectivity index (χ0v) is 59.2. The molecule has 3 heteroatoms. The summed E-state index contributed by atoms with van der Waals surface area (Å²) in [7, 11) is 0. The van der Waals surface area contributed by atoms with Crippen LogP contribution in [-0.4, -0.2) is 0 Å². The molecular weight excluding hydrogens is 1280 g/mol. The first kappa shape index (κ1) is 61.6. The Morgan fingerprint density at radius 1 is 0.255 bits per heavy atom. The van der Waals surface area contributed by atoms with Gasteiger partial charge in [-0.15, -0.1) is 0 Å². The van der Waals surface area contributed by atoms with Gasteiger partial charge in [-0.25, -0.2) is 0 Å². The molecule has 1 atom stereocenters. The number of para-hydroxylation sites is 1. The third-order valence-corrected chi connectivity index (χ3v) is 24.0. The molecule has 106 heavy (non-hydrogen) atoms. The minimum Gasteiger partial charge on any atom is -0.455 e. The molecule has 1 heterocycles. The lowest BCUT2D eigenvalue weighted by Gasteiger charge is -2.36. The molecule has 0 fully saturated rings. The Labute approximate surface area is 618 Å². The highest BCUT2D eigenvalue weighted by atomic mass is 16.3. The Hall–Kier alpha value is -13.1. The summed E-state index contributed by atoms with van der Waals surface area (Å²) >= 11 is 0. The van der Waals surface area contributed by atoms with E-state index in [1.165, 1.54) is 134 Å². The van der Waals surface area contributed by atoms with Crippen molar-refractivity contribution in [2.75, 3.05) is 9.80 Å². The number of fused-ring (bicyclic) bond motifs is 20. The van der Waals surface area contributed by atoms with E-state index < -0.39 is 5.41 Å². The molecule has 0 amide bonds. The van der Waals surface area contributed by atoms with Gasteiger partial charge >= 0.3 is 0 Å². The zero-order valence-electron chi connectivity index (χ0n) is 59.2. The lowest BCUT2D eigenvalue weighted by Crippen LogP contribution is -2.28. The van der Waals surface area contributed by atoms with Gasteiger partial charge in [0.05, 0.1) is 11.1 Å². The SMILES string of the molecule is CC1(C)c2cc(CC3(C)c4ccccc4-c4c3ccc3c4oc4c(-c5ccc(N(c6ccc(-c7ccccc7)cc6)c6ccc(-c7ccccc7)cc6)cc5)cccc43)ccc2-c2ccc(N(c3ccc(-c4ccccc4)cc3)c3cccc4c3C3(c5ccccc5-c5ccccc53)c3ccccc3-4)cc21. The average molecular weight is 1350 g/mol. The van der Waals surface area contributed by atoms with Crippen molar-refractivity contribution in [1.29, 1.82) is 0 Å². The minimum atomic E-state index is -0.547. The van der Waals surface area contributed by atoms with E-state index in [-0.39, 0.29) is 10.8 Å². The van der Waals surface area contributed by atoms with Gasteiger partial charge in [-0.3, -0.25) is 0 Å². The van der Waals surface area contributed by atoms with Crippen LogP contribution in [0.3, 0.4) is 0 Å². The highest BCUT2D eigenvalue weighted by molar-refractivity contribution is 6.15. The van der Waals surface area contributed by atoms with Crippen LogP contribution in [0.25, 0.3) is 111 Å². The van der Waals surface area contributed by atoms with E-state index in [4.69, 9.17) is 4.42 Å². The van der Waals surface area contributed by atoms with E-state index >= 15 is 0 Å². The maximum atomic E-state index is 7.40. The topological polar surface area (TPSA) is 19.6 Å². The van der Waals surface area contributed by atoms with Crippen LogP contribution in [0.15, 0.2) is 374 Å². The lowest BCUT2D eigenvalue weighted by atomic mass is 9.70. The number of anilines is 6. The number of hydrogen-bond acceptors (Lipinski definition) is 3. The Kier molecular flexibility index (Phi) is 13.8. The Bertz CT molecular complexity index is 6220. The van der Waals surface area contributed by atoms with E-state index in [1.807, 2.05) is 0 Å². The minimum absolute atomic E-state index is 0.326. The van der Waals surface area contributed by atoms with Crippen LogP contribution in [0.1, 0.15) is 70.8 Å².